The van der Waals surface area contributed by atoms with Crippen LogP contribution in [0, 0.1) is 13.8 Å². The molecule has 0 aliphatic rings. The molecule has 1 aromatic carbocycles. The number of ether oxygens (including phenoxy) is 2. The number of thiazole rings is 1. The number of hydrogen-bond acceptors (Lipinski definition) is 7. The number of amides is 2. The molecule has 0 aliphatic carbocycles. The Morgan fingerprint density at radius 3 is 2.55 bits per heavy atom. The van der Waals surface area contributed by atoms with Crippen molar-refractivity contribution >= 4 is 44.4 Å². The number of rotatable bonds is 6. The van der Waals surface area contributed by atoms with Gasteiger partial charge in [-0.25, -0.2) is 14.6 Å². The van der Waals surface area contributed by atoms with E-state index in [0.29, 0.717) is 34.4 Å². The standard InChI is InChI=1S/C20H22N4O4S/c1-5-27-13-7-8-15-17(9-13)29-20(23-15)24-19(26)22-16-10-14(18(25)28-6-2)11(3)21-12(16)4/h7-10H,5-6H2,1-4H3,(H2,22,23,24,26). The summed E-state index contributed by atoms with van der Waals surface area (Å²) in [7, 11) is 0. The van der Waals surface area contributed by atoms with E-state index >= 15 is 0 Å². The number of aryl methyl sites for hydroxylation is 2. The first-order chi connectivity index (χ1) is 13.9. The van der Waals surface area contributed by atoms with Crippen LogP contribution in [0.3, 0.4) is 0 Å². The van der Waals surface area contributed by atoms with Gasteiger partial charge in [0.05, 0.1) is 46.1 Å². The molecule has 0 saturated carbocycles. The Labute approximate surface area is 172 Å². The van der Waals surface area contributed by atoms with Gasteiger partial charge in [-0.3, -0.25) is 10.3 Å². The molecule has 3 rings (SSSR count). The summed E-state index contributed by atoms with van der Waals surface area (Å²) in [5.74, 6) is 0.282. The van der Waals surface area contributed by atoms with E-state index in [9.17, 15) is 9.59 Å². The highest BCUT2D eigenvalue weighted by atomic mass is 32.1. The van der Waals surface area contributed by atoms with E-state index < -0.39 is 12.0 Å². The molecule has 2 N–H and O–H groups in total. The van der Waals surface area contributed by atoms with Crippen LogP contribution < -0.4 is 15.4 Å². The fraction of sp³-hybridized carbons (Fsp3) is 0.300. The first-order valence-corrected chi connectivity index (χ1v) is 9.99. The zero-order valence-corrected chi connectivity index (χ0v) is 17.5. The van der Waals surface area contributed by atoms with Crippen LogP contribution in [-0.2, 0) is 4.74 Å². The van der Waals surface area contributed by atoms with E-state index in [-0.39, 0.29) is 6.61 Å². The van der Waals surface area contributed by atoms with Gasteiger partial charge in [-0.1, -0.05) is 11.3 Å². The fourth-order valence-electron chi connectivity index (χ4n) is 2.73. The molecule has 0 unspecified atom stereocenters. The van der Waals surface area contributed by atoms with Crippen molar-refractivity contribution in [2.45, 2.75) is 27.7 Å². The van der Waals surface area contributed by atoms with Crippen LogP contribution in [0.15, 0.2) is 24.3 Å². The fourth-order valence-corrected chi connectivity index (χ4v) is 3.62. The Bertz CT molecular complexity index is 1060. The molecule has 0 saturated heterocycles. The average Bonchev–Trinajstić information content (AvgIpc) is 3.05. The van der Waals surface area contributed by atoms with E-state index in [1.807, 2.05) is 25.1 Å². The van der Waals surface area contributed by atoms with E-state index in [0.717, 1.165) is 16.0 Å². The lowest BCUT2D eigenvalue weighted by Crippen LogP contribution is -2.21. The molecule has 0 fully saturated rings. The van der Waals surface area contributed by atoms with Crippen LogP contribution in [0.2, 0.25) is 0 Å². The van der Waals surface area contributed by atoms with Gasteiger partial charge in [0.25, 0.3) is 0 Å². The topological polar surface area (TPSA) is 102 Å². The van der Waals surface area contributed by atoms with Gasteiger partial charge >= 0.3 is 12.0 Å². The summed E-state index contributed by atoms with van der Waals surface area (Å²) in [4.78, 5) is 33.3. The molecule has 3 aromatic rings. The highest BCUT2D eigenvalue weighted by Crippen LogP contribution is 2.29. The zero-order chi connectivity index (χ0) is 21.0. The smallest absolute Gasteiger partial charge is 0.340 e. The summed E-state index contributed by atoms with van der Waals surface area (Å²) in [6.45, 7) is 7.97. The minimum atomic E-state index is -0.475. The van der Waals surface area contributed by atoms with Crippen molar-refractivity contribution in [3.8, 4) is 5.75 Å². The Morgan fingerprint density at radius 1 is 1.03 bits per heavy atom. The molecule has 0 bridgehead atoms. The van der Waals surface area contributed by atoms with Gasteiger partial charge in [-0.2, -0.15) is 0 Å². The highest BCUT2D eigenvalue weighted by molar-refractivity contribution is 7.22. The second-order valence-corrected chi connectivity index (χ2v) is 7.17. The van der Waals surface area contributed by atoms with Crippen LogP contribution in [0.25, 0.3) is 10.2 Å². The Morgan fingerprint density at radius 2 is 1.83 bits per heavy atom. The number of nitrogens with zero attached hydrogens (tertiary/aromatic N) is 2. The summed E-state index contributed by atoms with van der Waals surface area (Å²) >= 11 is 1.34. The normalized spacial score (nSPS) is 10.6. The van der Waals surface area contributed by atoms with E-state index in [1.54, 1.807) is 26.8 Å². The number of fused-ring (bicyclic) bond motifs is 1. The van der Waals surface area contributed by atoms with Crippen LogP contribution in [0.5, 0.6) is 5.75 Å². The highest BCUT2D eigenvalue weighted by Gasteiger charge is 2.16. The number of carbonyl (C=O) groups excluding carboxylic acids is 2. The molecule has 0 aliphatic heterocycles. The van der Waals surface area contributed by atoms with Gasteiger partial charge in [0, 0.05) is 0 Å². The maximum atomic E-state index is 12.4. The molecule has 29 heavy (non-hydrogen) atoms. The average molecular weight is 414 g/mol. The molecule has 8 nitrogen and oxygen atoms in total. The van der Waals surface area contributed by atoms with Crippen molar-refractivity contribution in [3.05, 3.63) is 41.2 Å². The van der Waals surface area contributed by atoms with Gasteiger partial charge in [0.15, 0.2) is 5.13 Å². The second kappa shape index (κ2) is 8.87. The van der Waals surface area contributed by atoms with Crippen LogP contribution in [-0.4, -0.2) is 35.2 Å². The van der Waals surface area contributed by atoms with E-state index in [2.05, 4.69) is 20.6 Å². The van der Waals surface area contributed by atoms with Crippen molar-refractivity contribution in [1.29, 1.82) is 0 Å². The van der Waals surface area contributed by atoms with Gasteiger partial charge in [0.1, 0.15) is 5.75 Å². The molecule has 0 atom stereocenters. The molecule has 2 amide bonds. The third-order valence-electron chi connectivity index (χ3n) is 4.04. The largest absolute Gasteiger partial charge is 0.494 e. The summed E-state index contributed by atoms with van der Waals surface area (Å²) in [6, 6.07) is 6.67. The lowest BCUT2D eigenvalue weighted by molar-refractivity contribution is 0.0525. The maximum Gasteiger partial charge on any atom is 0.340 e. The van der Waals surface area contributed by atoms with Crippen molar-refractivity contribution in [2.24, 2.45) is 0 Å². The molecule has 2 aromatic heterocycles. The van der Waals surface area contributed by atoms with Crippen LogP contribution in [0.1, 0.15) is 35.6 Å². The SMILES string of the molecule is CCOC(=O)c1cc(NC(=O)Nc2nc3ccc(OCC)cc3s2)c(C)nc1C. The lowest BCUT2D eigenvalue weighted by atomic mass is 10.1. The predicted octanol–water partition coefficient (Wildman–Crippen LogP) is 4.53. The van der Waals surface area contributed by atoms with Gasteiger partial charge in [0.2, 0.25) is 0 Å². The number of pyridine rings is 1. The number of anilines is 2. The Hall–Kier alpha value is -3.20. The molecule has 2 heterocycles. The molecule has 0 radical (unpaired) electrons. The van der Waals surface area contributed by atoms with E-state index in [1.165, 1.54) is 11.3 Å². The molecule has 0 spiro atoms. The van der Waals surface area contributed by atoms with Crippen molar-refractivity contribution in [1.82, 2.24) is 9.97 Å². The number of aromatic nitrogens is 2. The summed E-state index contributed by atoms with van der Waals surface area (Å²) in [5.41, 5.74) is 2.65. The van der Waals surface area contributed by atoms with E-state index in [4.69, 9.17) is 9.47 Å². The number of urea groups is 1. The summed E-state index contributed by atoms with van der Waals surface area (Å²) < 4.78 is 11.4. The number of benzene rings is 1. The molecule has 9 heteroatoms. The third kappa shape index (κ3) is 4.80. The Kier molecular flexibility index (Phi) is 6.28. The zero-order valence-electron chi connectivity index (χ0n) is 16.7. The Balaban J connectivity index is 1.76. The maximum absolute atomic E-state index is 12.4. The molecular weight excluding hydrogens is 392 g/mol. The van der Waals surface area contributed by atoms with Gasteiger partial charge < -0.3 is 14.8 Å². The van der Waals surface area contributed by atoms with Crippen LogP contribution >= 0.6 is 11.3 Å². The van der Waals surface area contributed by atoms with Crippen molar-refractivity contribution < 1.29 is 19.1 Å². The summed E-state index contributed by atoms with van der Waals surface area (Å²) in [6.07, 6.45) is 0. The van der Waals surface area contributed by atoms with Crippen molar-refractivity contribution in [3.63, 3.8) is 0 Å². The lowest BCUT2D eigenvalue weighted by Gasteiger charge is -2.12. The first kappa shape index (κ1) is 20.5. The summed E-state index contributed by atoms with van der Waals surface area (Å²) in [5, 5.41) is 5.89. The number of carbonyl (C=O) groups is 2. The minimum Gasteiger partial charge on any atom is -0.494 e. The molecule has 152 valence electrons. The van der Waals surface area contributed by atoms with Gasteiger partial charge in [-0.15, -0.1) is 0 Å². The third-order valence-corrected chi connectivity index (χ3v) is 4.97. The first-order valence-electron chi connectivity index (χ1n) is 9.18. The van der Waals surface area contributed by atoms with Crippen LogP contribution in [0.4, 0.5) is 15.6 Å². The van der Waals surface area contributed by atoms with Crippen molar-refractivity contribution in [2.75, 3.05) is 23.8 Å². The monoisotopic (exact) mass is 414 g/mol. The molecular formula is C20H22N4O4S. The quantitative estimate of drug-likeness (QED) is 0.575. The number of esters is 1. The number of hydrogen-bond donors (Lipinski definition) is 2. The van der Waals surface area contributed by atoms with Gasteiger partial charge in [-0.05, 0) is 52.0 Å². The second-order valence-electron chi connectivity index (χ2n) is 6.14. The minimum absolute atomic E-state index is 0.262. The predicted molar refractivity (Wildman–Crippen MR) is 113 cm³/mol. The number of nitrogens with one attached hydrogen (secondary N) is 2.